The van der Waals surface area contributed by atoms with Crippen LogP contribution in [0.25, 0.3) is 0 Å². The highest BCUT2D eigenvalue weighted by molar-refractivity contribution is 9.10. The number of amides is 2. The first kappa shape index (κ1) is 15.5. The smallest absolute Gasteiger partial charge is 0.329 e. The van der Waals surface area contributed by atoms with Gasteiger partial charge in [-0.3, -0.25) is 0 Å². The van der Waals surface area contributed by atoms with Crippen molar-refractivity contribution in [2.24, 2.45) is 0 Å². The molecule has 0 bridgehead atoms. The first-order valence-corrected chi connectivity index (χ1v) is 6.66. The predicted molar refractivity (Wildman–Crippen MR) is 77.3 cm³/mol. The Morgan fingerprint density at radius 2 is 1.84 bits per heavy atom. The van der Waals surface area contributed by atoms with E-state index in [1.807, 2.05) is 0 Å². The van der Waals surface area contributed by atoms with Crippen LogP contribution in [0.3, 0.4) is 0 Å². The summed E-state index contributed by atoms with van der Waals surface area (Å²) in [4.78, 5) is 24.6. The molecule has 2 amide bonds. The van der Waals surface area contributed by atoms with Crippen LogP contribution in [0.15, 0.2) is 28.7 Å². The largest absolute Gasteiger partial charge is 0.480 e. The topological polar surface area (TPSA) is 69.6 Å². The number of urea groups is 1. The van der Waals surface area contributed by atoms with Crippen molar-refractivity contribution in [3.05, 3.63) is 28.7 Å². The molecule has 0 aliphatic rings. The van der Waals surface area contributed by atoms with Crippen LogP contribution >= 0.6 is 15.9 Å². The molecule has 0 aliphatic carbocycles. The highest BCUT2D eigenvalue weighted by Gasteiger charge is 2.36. The molecule has 104 valence electrons. The van der Waals surface area contributed by atoms with Crippen LogP contribution in [0, 0.1) is 0 Å². The van der Waals surface area contributed by atoms with Crippen molar-refractivity contribution in [2.45, 2.75) is 26.3 Å². The van der Waals surface area contributed by atoms with Gasteiger partial charge in [-0.25, -0.2) is 9.59 Å². The molecule has 0 unspecified atom stereocenters. The molecule has 0 heterocycles. The second kappa shape index (κ2) is 6.06. The summed E-state index contributed by atoms with van der Waals surface area (Å²) < 4.78 is 0.906. The number of nitrogens with one attached hydrogen (secondary N) is 1. The molecule has 0 saturated heterocycles. The van der Waals surface area contributed by atoms with Gasteiger partial charge in [-0.15, -0.1) is 0 Å². The van der Waals surface area contributed by atoms with E-state index in [9.17, 15) is 9.59 Å². The van der Waals surface area contributed by atoms with E-state index < -0.39 is 17.5 Å². The van der Waals surface area contributed by atoms with E-state index in [1.54, 1.807) is 31.2 Å². The van der Waals surface area contributed by atoms with Gasteiger partial charge in [0.05, 0.1) is 0 Å². The summed E-state index contributed by atoms with van der Waals surface area (Å²) in [5.41, 5.74) is -0.637. The van der Waals surface area contributed by atoms with E-state index in [0.717, 1.165) is 4.47 Å². The number of carboxylic acids is 1. The van der Waals surface area contributed by atoms with Gasteiger partial charge in [0.15, 0.2) is 0 Å². The Morgan fingerprint density at radius 3 is 2.26 bits per heavy atom. The fourth-order valence-electron chi connectivity index (χ4n) is 1.63. The van der Waals surface area contributed by atoms with Gasteiger partial charge in [0.2, 0.25) is 0 Å². The Balaban J connectivity index is 2.86. The standard InChI is InChI=1S/C13H17BrN2O3/c1-4-16(13(2,3)11(17)18)12(19)15-10-7-5-9(14)6-8-10/h5-8H,4H2,1-3H3,(H,15,19)(H,17,18). The molecule has 0 aromatic heterocycles. The van der Waals surface area contributed by atoms with Gasteiger partial charge in [-0.2, -0.15) is 0 Å². The average molecular weight is 329 g/mol. The second-order valence-electron chi connectivity index (χ2n) is 4.55. The van der Waals surface area contributed by atoms with Crippen LogP contribution in [-0.2, 0) is 4.79 Å². The van der Waals surface area contributed by atoms with E-state index in [4.69, 9.17) is 5.11 Å². The minimum Gasteiger partial charge on any atom is -0.480 e. The van der Waals surface area contributed by atoms with Crippen molar-refractivity contribution in [3.8, 4) is 0 Å². The lowest BCUT2D eigenvalue weighted by Crippen LogP contribution is -2.54. The Labute approximate surface area is 120 Å². The van der Waals surface area contributed by atoms with Crippen molar-refractivity contribution < 1.29 is 14.7 Å². The summed E-state index contributed by atoms with van der Waals surface area (Å²) in [5, 5.41) is 11.9. The number of halogens is 1. The zero-order valence-electron chi connectivity index (χ0n) is 11.1. The zero-order chi connectivity index (χ0) is 14.6. The van der Waals surface area contributed by atoms with Crippen molar-refractivity contribution in [2.75, 3.05) is 11.9 Å². The number of carboxylic acid groups (broad SMARTS) is 1. The van der Waals surface area contributed by atoms with Gasteiger partial charge < -0.3 is 15.3 Å². The van der Waals surface area contributed by atoms with Crippen LogP contribution in [0.2, 0.25) is 0 Å². The zero-order valence-corrected chi connectivity index (χ0v) is 12.7. The number of nitrogens with zero attached hydrogens (tertiary/aromatic N) is 1. The number of carbonyl (C=O) groups excluding carboxylic acids is 1. The van der Waals surface area contributed by atoms with Crippen LogP contribution in [0.1, 0.15) is 20.8 Å². The molecule has 0 fully saturated rings. The monoisotopic (exact) mass is 328 g/mol. The normalized spacial score (nSPS) is 10.9. The molecule has 2 N–H and O–H groups in total. The molecule has 1 rings (SSSR count). The van der Waals surface area contributed by atoms with E-state index in [1.165, 1.54) is 18.7 Å². The molecule has 1 aromatic carbocycles. The van der Waals surface area contributed by atoms with Crippen molar-refractivity contribution in [1.29, 1.82) is 0 Å². The van der Waals surface area contributed by atoms with Crippen LogP contribution in [0.4, 0.5) is 10.5 Å². The maximum absolute atomic E-state index is 12.1. The molecule has 19 heavy (non-hydrogen) atoms. The van der Waals surface area contributed by atoms with E-state index in [-0.39, 0.29) is 0 Å². The molecule has 0 spiro atoms. The molecule has 0 saturated carbocycles. The highest BCUT2D eigenvalue weighted by atomic mass is 79.9. The molecule has 0 aliphatic heterocycles. The van der Waals surface area contributed by atoms with Crippen molar-refractivity contribution >= 4 is 33.6 Å². The summed E-state index contributed by atoms with van der Waals surface area (Å²) in [6, 6.07) is 6.65. The quantitative estimate of drug-likeness (QED) is 0.891. The fraction of sp³-hybridized carbons (Fsp3) is 0.385. The minimum absolute atomic E-state index is 0.307. The summed E-state index contributed by atoms with van der Waals surface area (Å²) in [6.07, 6.45) is 0. The predicted octanol–water partition coefficient (Wildman–Crippen LogP) is 3.17. The number of benzene rings is 1. The third-order valence-electron chi connectivity index (χ3n) is 2.86. The Kier molecular flexibility index (Phi) is 4.94. The number of likely N-dealkylation sites (N-methyl/N-ethyl adjacent to an activating group) is 1. The maximum Gasteiger partial charge on any atom is 0.329 e. The van der Waals surface area contributed by atoms with E-state index >= 15 is 0 Å². The van der Waals surface area contributed by atoms with Crippen LogP contribution < -0.4 is 5.32 Å². The Bertz CT molecular complexity index is 471. The summed E-state index contributed by atoms with van der Waals surface area (Å²) >= 11 is 3.30. The number of anilines is 1. The van der Waals surface area contributed by atoms with Gasteiger partial charge in [-0.1, -0.05) is 15.9 Å². The van der Waals surface area contributed by atoms with Gasteiger partial charge in [0, 0.05) is 16.7 Å². The summed E-state index contributed by atoms with van der Waals surface area (Å²) in [7, 11) is 0. The van der Waals surface area contributed by atoms with Gasteiger partial charge >= 0.3 is 12.0 Å². The van der Waals surface area contributed by atoms with Crippen molar-refractivity contribution in [1.82, 2.24) is 4.90 Å². The number of hydrogen-bond acceptors (Lipinski definition) is 2. The number of hydrogen-bond donors (Lipinski definition) is 2. The fourth-order valence-corrected chi connectivity index (χ4v) is 1.90. The molecule has 0 atom stereocenters. The van der Waals surface area contributed by atoms with E-state index in [0.29, 0.717) is 12.2 Å². The summed E-state index contributed by atoms with van der Waals surface area (Å²) in [6.45, 7) is 5.05. The van der Waals surface area contributed by atoms with Gasteiger partial charge in [0.1, 0.15) is 5.54 Å². The number of rotatable bonds is 4. The second-order valence-corrected chi connectivity index (χ2v) is 5.46. The van der Waals surface area contributed by atoms with Gasteiger partial charge in [0.25, 0.3) is 0 Å². The first-order valence-electron chi connectivity index (χ1n) is 5.86. The maximum atomic E-state index is 12.1. The minimum atomic E-state index is -1.26. The Hall–Kier alpha value is -1.56. The lowest BCUT2D eigenvalue weighted by Gasteiger charge is -2.34. The molecular formula is C13H17BrN2O3. The molecule has 5 nitrogen and oxygen atoms in total. The van der Waals surface area contributed by atoms with Crippen LogP contribution in [0.5, 0.6) is 0 Å². The van der Waals surface area contributed by atoms with Crippen molar-refractivity contribution in [3.63, 3.8) is 0 Å². The van der Waals surface area contributed by atoms with Crippen LogP contribution in [-0.4, -0.2) is 34.1 Å². The molecule has 0 radical (unpaired) electrons. The lowest BCUT2D eigenvalue weighted by atomic mass is 10.0. The lowest BCUT2D eigenvalue weighted by molar-refractivity contribution is -0.147. The average Bonchev–Trinajstić information content (AvgIpc) is 2.32. The third-order valence-corrected chi connectivity index (χ3v) is 3.38. The first-order chi connectivity index (χ1) is 8.78. The third kappa shape index (κ3) is 3.70. The summed E-state index contributed by atoms with van der Waals surface area (Å²) in [5.74, 6) is -1.04. The number of aliphatic carboxylic acids is 1. The molecular weight excluding hydrogens is 312 g/mol. The molecule has 1 aromatic rings. The Morgan fingerprint density at radius 1 is 1.32 bits per heavy atom. The number of carbonyl (C=O) groups is 2. The highest BCUT2D eigenvalue weighted by Crippen LogP contribution is 2.18. The SMILES string of the molecule is CCN(C(=O)Nc1ccc(Br)cc1)C(C)(C)C(=O)O. The molecule has 6 heteroatoms. The van der Waals surface area contributed by atoms with E-state index in [2.05, 4.69) is 21.2 Å². The van der Waals surface area contributed by atoms with Gasteiger partial charge in [-0.05, 0) is 45.0 Å².